The fourth-order valence-electron chi connectivity index (χ4n) is 3.33. The predicted octanol–water partition coefficient (Wildman–Crippen LogP) is 4.98. The SMILES string of the molecule is O=C(O)C=Cc1cccc2nc3n(c12)CCCN3c1ccc(Cl)cc1Cl. The van der Waals surface area contributed by atoms with Gasteiger partial charge >= 0.3 is 5.97 Å². The molecule has 1 N–H and O–H groups in total. The highest BCUT2D eigenvalue weighted by Gasteiger charge is 2.25. The number of benzene rings is 2. The van der Waals surface area contributed by atoms with E-state index in [-0.39, 0.29) is 0 Å². The number of aryl methyl sites for hydroxylation is 1. The zero-order chi connectivity index (χ0) is 18.3. The minimum atomic E-state index is -0.977. The van der Waals surface area contributed by atoms with Gasteiger partial charge in [0.25, 0.3) is 0 Å². The molecule has 5 nitrogen and oxygen atoms in total. The van der Waals surface area contributed by atoms with E-state index < -0.39 is 5.97 Å². The average Bonchev–Trinajstić information content (AvgIpc) is 2.99. The largest absolute Gasteiger partial charge is 0.478 e. The van der Waals surface area contributed by atoms with Gasteiger partial charge < -0.3 is 14.6 Å². The van der Waals surface area contributed by atoms with Crippen molar-refractivity contribution in [1.82, 2.24) is 9.55 Å². The second kappa shape index (κ2) is 6.67. The van der Waals surface area contributed by atoms with Crippen LogP contribution in [-0.2, 0) is 11.3 Å². The number of aliphatic carboxylic acids is 1. The molecule has 0 radical (unpaired) electrons. The minimum Gasteiger partial charge on any atom is -0.478 e. The van der Waals surface area contributed by atoms with Crippen molar-refractivity contribution in [3.05, 3.63) is 58.1 Å². The van der Waals surface area contributed by atoms with Gasteiger partial charge in [0.15, 0.2) is 0 Å². The molecule has 1 aliphatic heterocycles. The highest BCUT2D eigenvalue weighted by Crippen LogP contribution is 2.37. The first-order valence-corrected chi connectivity index (χ1v) is 8.93. The monoisotopic (exact) mass is 387 g/mol. The number of rotatable bonds is 3. The standard InChI is InChI=1S/C19H15Cl2N3O2/c20-13-6-7-16(14(21)11-13)23-9-2-10-24-18-12(5-8-17(25)26)3-1-4-15(18)22-19(23)24/h1,3-8,11H,2,9-10H2,(H,25,26). The zero-order valence-corrected chi connectivity index (χ0v) is 15.2. The number of hydrogen-bond acceptors (Lipinski definition) is 3. The third kappa shape index (κ3) is 2.93. The van der Waals surface area contributed by atoms with E-state index >= 15 is 0 Å². The Morgan fingerprint density at radius 3 is 2.81 bits per heavy atom. The van der Waals surface area contributed by atoms with Crippen LogP contribution >= 0.6 is 23.2 Å². The molecule has 2 heterocycles. The fourth-order valence-corrected chi connectivity index (χ4v) is 3.84. The van der Waals surface area contributed by atoms with Crippen molar-refractivity contribution in [1.29, 1.82) is 0 Å². The summed E-state index contributed by atoms with van der Waals surface area (Å²) in [4.78, 5) is 17.7. The molecule has 0 spiro atoms. The highest BCUT2D eigenvalue weighted by atomic mass is 35.5. The number of anilines is 2. The van der Waals surface area contributed by atoms with Crippen LogP contribution in [0.4, 0.5) is 11.6 Å². The molecule has 2 aromatic carbocycles. The quantitative estimate of drug-likeness (QED) is 0.643. The summed E-state index contributed by atoms with van der Waals surface area (Å²) in [7, 11) is 0. The molecular formula is C19H15Cl2N3O2. The molecule has 0 unspecified atom stereocenters. The number of carbonyl (C=O) groups is 1. The number of carboxylic acid groups (broad SMARTS) is 1. The Bertz CT molecular complexity index is 1040. The Balaban J connectivity index is 1.88. The van der Waals surface area contributed by atoms with Crippen molar-refractivity contribution >= 4 is 57.9 Å². The molecule has 0 saturated heterocycles. The van der Waals surface area contributed by atoms with Crippen molar-refractivity contribution in [3.8, 4) is 0 Å². The van der Waals surface area contributed by atoms with Crippen molar-refractivity contribution < 1.29 is 9.90 Å². The van der Waals surface area contributed by atoms with Gasteiger partial charge in [-0.05, 0) is 36.8 Å². The van der Waals surface area contributed by atoms with E-state index in [0.717, 1.165) is 53.8 Å². The summed E-state index contributed by atoms with van der Waals surface area (Å²) in [6.07, 6.45) is 3.67. The van der Waals surface area contributed by atoms with Gasteiger partial charge in [0.05, 0.1) is 21.7 Å². The number of carboxylic acids is 1. The lowest BCUT2D eigenvalue weighted by Crippen LogP contribution is -2.28. The number of fused-ring (bicyclic) bond motifs is 3. The number of imidazole rings is 1. The first-order chi connectivity index (χ1) is 12.5. The maximum absolute atomic E-state index is 10.9. The van der Waals surface area contributed by atoms with Gasteiger partial charge in [-0.1, -0.05) is 35.3 Å². The Kier molecular flexibility index (Phi) is 4.34. The van der Waals surface area contributed by atoms with Gasteiger partial charge in [0.2, 0.25) is 5.95 Å². The van der Waals surface area contributed by atoms with E-state index in [1.807, 2.05) is 30.3 Å². The van der Waals surface area contributed by atoms with Crippen LogP contribution in [0.5, 0.6) is 0 Å². The first kappa shape index (κ1) is 16.9. The van der Waals surface area contributed by atoms with Crippen molar-refractivity contribution in [2.24, 2.45) is 0 Å². The summed E-state index contributed by atoms with van der Waals surface area (Å²) < 4.78 is 2.12. The molecule has 1 aromatic heterocycles. The van der Waals surface area contributed by atoms with Crippen LogP contribution in [0, 0.1) is 0 Å². The summed E-state index contributed by atoms with van der Waals surface area (Å²) in [5, 5.41) is 10.1. The first-order valence-electron chi connectivity index (χ1n) is 8.17. The van der Waals surface area contributed by atoms with Crippen molar-refractivity contribution in [2.75, 3.05) is 11.4 Å². The van der Waals surface area contributed by atoms with Gasteiger partial charge in [-0.25, -0.2) is 9.78 Å². The van der Waals surface area contributed by atoms with Crippen LogP contribution in [0.1, 0.15) is 12.0 Å². The number of hydrogen-bond donors (Lipinski definition) is 1. The Morgan fingerprint density at radius 2 is 2.04 bits per heavy atom. The molecule has 0 fully saturated rings. The molecule has 26 heavy (non-hydrogen) atoms. The van der Waals surface area contributed by atoms with E-state index in [0.29, 0.717) is 10.0 Å². The smallest absolute Gasteiger partial charge is 0.328 e. The van der Waals surface area contributed by atoms with Gasteiger partial charge in [-0.15, -0.1) is 0 Å². The van der Waals surface area contributed by atoms with Crippen molar-refractivity contribution in [3.63, 3.8) is 0 Å². The third-order valence-electron chi connectivity index (χ3n) is 4.39. The van der Waals surface area contributed by atoms with E-state index in [1.165, 1.54) is 0 Å². The molecule has 1 aliphatic rings. The normalized spacial score (nSPS) is 14.2. The summed E-state index contributed by atoms with van der Waals surface area (Å²) >= 11 is 12.4. The number of nitrogens with zero attached hydrogens (tertiary/aromatic N) is 3. The number of halogens is 2. The van der Waals surface area contributed by atoms with Gasteiger partial charge in [0, 0.05) is 29.8 Å². The maximum atomic E-state index is 10.9. The molecule has 3 aromatic rings. The van der Waals surface area contributed by atoms with Gasteiger partial charge in [-0.3, -0.25) is 0 Å². The summed E-state index contributed by atoms with van der Waals surface area (Å²) in [6, 6.07) is 11.1. The number of para-hydroxylation sites is 1. The van der Waals surface area contributed by atoms with E-state index in [1.54, 1.807) is 12.1 Å². The summed E-state index contributed by atoms with van der Waals surface area (Å²) in [6.45, 7) is 1.61. The Labute approximate surface area is 160 Å². The highest BCUT2D eigenvalue weighted by molar-refractivity contribution is 6.36. The van der Waals surface area contributed by atoms with Crippen LogP contribution in [0.15, 0.2) is 42.5 Å². The van der Waals surface area contributed by atoms with Crippen LogP contribution in [0.25, 0.3) is 17.1 Å². The zero-order valence-electron chi connectivity index (χ0n) is 13.7. The second-order valence-corrected chi connectivity index (χ2v) is 6.89. The molecular weight excluding hydrogens is 373 g/mol. The summed E-state index contributed by atoms with van der Waals surface area (Å²) in [5.41, 5.74) is 3.43. The average molecular weight is 388 g/mol. The topological polar surface area (TPSA) is 58.4 Å². The van der Waals surface area contributed by atoms with Crippen molar-refractivity contribution in [2.45, 2.75) is 13.0 Å². The third-order valence-corrected chi connectivity index (χ3v) is 4.93. The molecule has 132 valence electrons. The molecule has 0 atom stereocenters. The van der Waals surface area contributed by atoms with Gasteiger partial charge in [0.1, 0.15) is 0 Å². The predicted molar refractivity (Wildman–Crippen MR) is 104 cm³/mol. The lowest BCUT2D eigenvalue weighted by Gasteiger charge is -2.30. The maximum Gasteiger partial charge on any atom is 0.328 e. The number of aromatic nitrogens is 2. The van der Waals surface area contributed by atoms with E-state index in [2.05, 4.69) is 9.47 Å². The molecule has 4 rings (SSSR count). The Hall–Kier alpha value is -2.50. The van der Waals surface area contributed by atoms with Crippen LogP contribution in [0.2, 0.25) is 10.0 Å². The fraction of sp³-hybridized carbons (Fsp3) is 0.158. The van der Waals surface area contributed by atoms with E-state index in [4.69, 9.17) is 33.3 Å². The molecule has 7 heteroatoms. The second-order valence-electron chi connectivity index (χ2n) is 6.05. The minimum absolute atomic E-state index is 0.573. The molecule has 0 amide bonds. The van der Waals surface area contributed by atoms with Crippen LogP contribution in [0.3, 0.4) is 0 Å². The lowest BCUT2D eigenvalue weighted by atomic mass is 10.1. The van der Waals surface area contributed by atoms with Crippen LogP contribution < -0.4 is 4.90 Å². The Morgan fingerprint density at radius 1 is 1.19 bits per heavy atom. The lowest BCUT2D eigenvalue weighted by molar-refractivity contribution is -0.131. The summed E-state index contributed by atoms with van der Waals surface area (Å²) in [5.74, 6) is -0.179. The molecule has 0 bridgehead atoms. The molecule has 0 saturated carbocycles. The molecule has 0 aliphatic carbocycles. The van der Waals surface area contributed by atoms with Gasteiger partial charge in [-0.2, -0.15) is 0 Å². The van der Waals surface area contributed by atoms with E-state index in [9.17, 15) is 4.79 Å². The van der Waals surface area contributed by atoms with Crippen LogP contribution in [-0.4, -0.2) is 27.2 Å².